The van der Waals surface area contributed by atoms with Crippen LogP contribution in [0, 0.1) is 13.8 Å². The Morgan fingerprint density at radius 3 is 2.47 bits per heavy atom. The maximum Gasteiger partial charge on any atom is 0.387 e. The zero-order valence-electron chi connectivity index (χ0n) is 10.6. The average molecular weight is 268 g/mol. The summed E-state index contributed by atoms with van der Waals surface area (Å²) in [6, 6.07) is 6.33. The van der Waals surface area contributed by atoms with Crippen molar-refractivity contribution < 1.29 is 18.0 Å². The molecule has 1 aromatic carbocycles. The molecule has 1 N–H and O–H groups in total. The van der Waals surface area contributed by atoms with Crippen LogP contribution in [0.15, 0.2) is 28.8 Å². The van der Waals surface area contributed by atoms with Crippen LogP contribution in [0.25, 0.3) is 0 Å². The van der Waals surface area contributed by atoms with Crippen LogP contribution in [0.4, 0.5) is 14.5 Å². The van der Waals surface area contributed by atoms with Crippen molar-refractivity contribution in [2.24, 2.45) is 0 Å². The van der Waals surface area contributed by atoms with Crippen LogP contribution in [0.2, 0.25) is 0 Å². The van der Waals surface area contributed by atoms with Gasteiger partial charge in [0.15, 0.2) is 0 Å². The summed E-state index contributed by atoms with van der Waals surface area (Å²) in [5.41, 5.74) is 2.64. The maximum absolute atomic E-state index is 12.0. The number of aryl methyl sites for hydroxylation is 2. The molecule has 0 atom stereocenters. The second-order valence-corrected chi connectivity index (χ2v) is 4.06. The van der Waals surface area contributed by atoms with Crippen LogP contribution in [-0.2, 0) is 6.54 Å². The fourth-order valence-electron chi connectivity index (χ4n) is 1.70. The zero-order valence-corrected chi connectivity index (χ0v) is 10.6. The normalized spacial score (nSPS) is 10.8. The van der Waals surface area contributed by atoms with E-state index in [4.69, 9.17) is 4.52 Å². The molecule has 0 spiro atoms. The molecule has 0 aliphatic carbocycles. The molecule has 0 aliphatic heterocycles. The monoisotopic (exact) mass is 268 g/mol. The number of nitrogens with zero attached hydrogens (tertiary/aromatic N) is 1. The molecule has 0 radical (unpaired) electrons. The topological polar surface area (TPSA) is 47.3 Å². The molecule has 0 amide bonds. The van der Waals surface area contributed by atoms with E-state index in [0.29, 0.717) is 6.54 Å². The first-order valence-corrected chi connectivity index (χ1v) is 5.77. The van der Waals surface area contributed by atoms with E-state index in [-0.39, 0.29) is 5.75 Å². The van der Waals surface area contributed by atoms with Crippen molar-refractivity contribution in [3.63, 3.8) is 0 Å². The highest BCUT2D eigenvalue weighted by Crippen LogP contribution is 2.19. The van der Waals surface area contributed by atoms with Crippen molar-refractivity contribution in [1.82, 2.24) is 5.16 Å². The molecule has 0 bridgehead atoms. The number of hydrogen-bond acceptors (Lipinski definition) is 4. The number of alkyl halides is 2. The molecule has 1 heterocycles. The summed E-state index contributed by atoms with van der Waals surface area (Å²) in [7, 11) is 0. The molecule has 19 heavy (non-hydrogen) atoms. The Kier molecular flexibility index (Phi) is 3.99. The number of hydrogen-bond donors (Lipinski definition) is 1. The maximum atomic E-state index is 12.0. The molecular weight excluding hydrogens is 254 g/mol. The lowest BCUT2D eigenvalue weighted by molar-refractivity contribution is -0.0498. The van der Waals surface area contributed by atoms with Gasteiger partial charge >= 0.3 is 6.61 Å². The Morgan fingerprint density at radius 1 is 1.26 bits per heavy atom. The smallest absolute Gasteiger partial charge is 0.387 e. The van der Waals surface area contributed by atoms with Crippen molar-refractivity contribution in [2.45, 2.75) is 27.0 Å². The van der Waals surface area contributed by atoms with Crippen LogP contribution in [0.5, 0.6) is 5.75 Å². The van der Waals surface area contributed by atoms with Gasteiger partial charge in [-0.15, -0.1) is 0 Å². The molecule has 0 aliphatic rings. The summed E-state index contributed by atoms with van der Waals surface area (Å²) in [5.74, 6) is 0.903. The van der Waals surface area contributed by atoms with Gasteiger partial charge in [0.05, 0.1) is 5.69 Å². The van der Waals surface area contributed by atoms with E-state index >= 15 is 0 Å². The van der Waals surface area contributed by atoms with Gasteiger partial charge < -0.3 is 14.6 Å². The van der Waals surface area contributed by atoms with E-state index in [1.165, 1.54) is 12.1 Å². The van der Waals surface area contributed by atoms with Crippen molar-refractivity contribution in [1.29, 1.82) is 0 Å². The number of ether oxygens (including phenoxy) is 1. The lowest BCUT2D eigenvalue weighted by Gasteiger charge is -2.08. The van der Waals surface area contributed by atoms with Gasteiger partial charge in [0.1, 0.15) is 11.5 Å². The minimum Gasteiger partial charge on any atom is -0.435 e. The van der Waals surface area contributed by atoms with Gasteiger partial charge in [0, 0.05) is 17.8 Å². The van der Waals surface area contributed by atoms with Gasteiger partial charge in [0.25, 0.3) is 0 Å². The summed E-state index contributed by atoms with van der Waals surface area (Å²) in [5, 5.41) is 7.02. The SMILES string of the molecule is Cc1noc(C)c1CNc1ccc(OC(F)F)cc1. The van der Waals surface area contributed by atoms with Gasteiger partial charge in [-0.1, -0.05) is 5.16 Å². The third-order valence-corrected chi connectivity index (χ3v) is 2.73. The zero-order chi connectivity index (χ0) is 13.8. The van der Waals surface area contributed by atoms with Crippen LogP contribution in [0.3, 0.4) is 0 Å². The molecular formula is C13H14F2N2O2. The lowest BCUT2D eigenvalue weighted by Crippen LogP contribution is -2.03. The van der Waals surface area contributed by atoms with Gasteiger partial charge in [-0.2, -0.15) is 8.78 Å². The number of halogens is 2. The second-order valence-electron chi connectivity index (χ2n) is 4.06. The molecule has 0 saturated carbocycles. The number of anilines is 1. The van der Waals surface area contributed by atoms with E-state index in [2.05, 4.69) is 15.2 Å². The van der Waals surface area contributed by atoms with E-state index < -0.39 is 6.61 Å². The minimum atomic E-state index is -2.80. The van der Waals surface area contributed by atoms with E-state index in [1.807, 2.05) is 13.8 Å². The van der Waals surface area contributed by atoms with Crippen molar-refractivity contribution in [3.8, 4) is 5.75 Å². The summed E-state index contributed by atoms with van der Waals surface area (Å²) < 4.78 is 33.3. The average Bonchev–Trinajstić information content (AvgIpc) is 2.68. The number of rotatable bonds is 5. The van der Waals surface area contributed by atoms with E-state index in [9.17, 15) is 8.78 Å². The predicted octanol–water partition coefficient (Wildman–Crippen LogP) is 3.50. The Balaban J connectivity index is 1.97. The molecule has 0 fully saturated rings. The molecule has 0 unspecified atom stereocenters. The first-order chi connectivity index (χ1) is 9.06. The van der Waals surface area contributed by atoms with Crippen LogP contribution < -0.4 is 10.1 Å². The highest BCUT2D eigenvalue weighted by atomic mass is 19.3. The molecule has 0 saturated heterocycles. The highest BCUT2D eigenvalue weighted by molar-refractivity contribution is 5.47. The fourth-order valence-corrected chi connectivity index (χ4v) is 1.70. The summed E-state index contributed by atoms with van der Waals surface area (Å²) in [6.45, 7) is 1.47. The Bertz CT molecular complexity index is 519. The Morgan fingerprint density at radius 2 is 1.95 bits per heavy atom. The number of nitrogens with one attached hydrogen (secondary N) is 1. The largest absolute Gasteiger partial charge is 0.435 e. The van der Waals surface area contributed by atoms with Crippen molar-refractivity contribution in [2.75, 3.05) is 5.32 Å². The van der Waals surface area contributed by atoms with E-state index in [0.717, 1.165) is 22.7 Å². The summed E-state index contributed by atoms with van der Waals surface area (Å²) in [4.78, 5) is 0. The van der Waals surface area contributed by atoms with Crippen LogP contribution in [-0.4, -0.2) is 11.8 Å². The molecule has 2 rings (SSSR count). The van der Waals surface area contributed by atoms with E-state index in [1.54, 1.807) is 12.1 Å². The van der Waals surface area contributed by atoms with Crippen LogP contribution in [0.1, 0.15) is 17.0 Å². The van der Waals surface area contributed by atoms with Gasteiger partial charge in [-0.05, 0) is 38.1 Å². The molecule has 1 aromatic heterocycles. The molecule has 102 valence electrons. The predicted molar refractivity (Wildman–Crippen MR) is 66.4 cm³/mol. The lowest BCUT2D eigenvalue weighted by atomic mass is 10.2. The van der Waals surface area contributed by atoms with Gasteiger partial charge in [-0.25, -0.2) is 0 Å². The fraction of sp³-hybridized carbons (Fsp3) is 0.308. The molecule has 4 nitrogen and oxygen atoms in total. The number of benzene rings is 1. The van der Waals surface area contributed by atoms with Crippen LogP contribution >= 0.6 is 0 Å². The summed E-state index contributed by atoms with van der Waals surface area (Å²) >= 11 is 0. The van der Waals surface area contributed by atoms with Crippen molar-refractivity contribution in [3.05, 3.63) is 41.3 Å². The van der Waals surface area contributed by atoms with Gasteiger partial charge in [0.2, 0.25) is 0 Å². The minimum absolute atomic E-state index is 0.137. The first kappa shape index (κ1) is 13.3. The number of aromatic nitrogens is 1. The third kappa shape index (κ3) is 3.43. The van der Waals surface area contributed by atoms with Gasteiger partial charge in [-0.3, -0.25) is 0 Å². The highest BCUT2D eigenvalue weighted by Gasteiger charge is 2.08. The molecule has 2 aromatic rings. The quantitative estimate of drug-likeness (QED) is 0.901. The first-order valence-electron chi connectivity index (χ1n) is 5.77. The second kappa shape index (κ2) is 5.69. The summed E-state index contributed by atoms with van der Waals surface area (Å²) in [6.07, 6.45) is 0. The Labute approximate surface area is 109 Å². The standard InChI is InChI=1S/C13H14F2N2O2/c1-8-12(9(2)19-17-8)7-16-10-3-5-11(6-4-10)18-13(14)15/h3-6,13,16H,7H2,1-2H3. The molecule has 6 heteroatoms. The third-order valence-electron chi connectivity index (χ3n) is 2.73. The Hall–Kier alpha value is -2.11. The van der Waals surface area contributed by atoms with Crippen molar-refractivity contribution >= 4 is 5.69 Å².